The lowest BCUT2D eigenvalue weighted by molar-refractivity contribution is 0.370. The average Bonchev–Trinajstić information content (AvgIpc) is 3.02. The minimum absolute atomic E-state index is 0. The number of halogens is 2. The van der Waals surface area contributed by atoms with Gasteiger partial charge in [-0.25, -0.2) is 4.39 Å². The maximum atomic E-state index is 14.0. The molecular formula is C21H32FIN6. The number of rotatable bonds is 6. The van der Waals surface area contributed by atoms with E-state index in [4.69, 9.17) is 4.99 Å². The second kappa shape index (κ2) is 11.4. The lowest BCUT2D eigenvalue weighted by Crippen LogP contribution is -2.52. The monoisotopic (exact) mass is 514 g/mol. The normalized spacial score (nSPS) is 14.7. The molecule has 0 radical (unpaired) electrons. The Morgan fingerprint density at radius 3 is 2.52 bits per heavy atom. The molecule has 2 heterocycles. The molecule has 1 fully saturated rings. The van der Waals surface area contributed by atoms with E-state index in [2.05, 4.69) is 40.1 Å². The van der Waals surface area contributed by atoms with E-state index in [0.29, 0.717) is 5.69 Å². The number of nitrogens with one attached hydrogen (secondary N) is 1. The van der Waals surface area contributed by atoms with Crippen LogP contribution in [0.25, 0.3) is 0 Å². The van der Waals surface area contributed by atoms with Gasteiger partial charge in [-0.2, -0.15) is 5.10 Å². The summed E-state index contributed by atoms with van der Waals surface area (Å²) in [4.78, 5) is 9.18. The van der Waals surface area contributed by atoms with Crippen molar-refractivity contribution >= 4 is 35.6 Å². The van der Waals surface area contributed by atoms with Gasteiger partial charge < -0.3 is 15.1 Å². The lowest BCUT2D eigenvalue weighted by atomic mass is 10.2. The highest BCUT2D eigenvalue weighted by Gasteiger charge is 2.21. The Balaban J connectivity index is 0.00000300. The number of nitrogens with zero attached hydrogens (tertiary/aromatic N) is 5. The van der Waals surface area contributed by atoms with Gasteiger partial charge in [-0.1, -0.05) is 12.1 Å². The van der Waals surface area contributed by atoms with Gasteiger partial charge in [0.05, 0.1) is 11.4 Å². The summed E-state index contributed by atoms with van der Waals surface area (Å²) in [7, 11) is 0. The van der Waals surface area contributed by atoms with Gasteiger partial charge in [0.2, 0.25) is 0 Å². The van der Waals surface area contributed by atoms with E-state index in [1.807, 2.05) is 23.7 Å². The first-order chi connectivity index (χ1) is 13.6. The van der Waals surface area contributed by atoms with E-state index < -0.39 is 0 Å². The fourth-order valence-electron chi connectivity index (χ4n) is 3.60. The molecule has 0 bridgehead atoms. The Bertz CT molecular complexity index is 798. The Morgan fingerprint density at radius 1 is 1.17 bits per heavy atom. The van der Waals surface area contributed by atoms with E-state index in [9.17, 15) is 4.39 Å². The van der Waals surface area contributed by atoms with Gasteiger partial charge in [0.25, 0.3) is 0 Å². The van der Waals surface area contributed by atoms with E-state index in [-0.39, 0.29) is 29.8 Å². The summed E-state index contributed by atoms with van der Waals surface area (Å²) >= 11 is 0. The maximum Gasteiger partial charge on any atom is 0.194 e. The number of hydrogen-bond donors (Lipinski definition) is 1. The third kappa shape index (κ3) is 6.32. The molecular weight excluding hydrogens is 482 g/mol. The second-order valence-electron chi connectivity index (χ2n) is 7.16. The Labute approximate surface area is 190 Å². The zero-order chi connectivity index (χ0) is 19.9. The summed E-state index contributed by atoms with van der Waals surface area (Å²) in [6, 6.07) is 9.10. The van der Waals surface area contributed by atoms with Gasteiger partial charge in [0.15, 0.2) is 5.96 Å². The quantitative estimate of drug-likeness (QED) is 0.278. The average molecular weight is 514 g/mol. The molecule has 1 N–H and O–H groups in total. The zero-order valence-electron chi connectivity index (χ0n) is 17.6. The van der Waals surface area contributed by atoms with Crippen LogP contribution in [-0.2, 0) is 6.54 Å². The number of aliphatic imine (C=N–C) groups is 1. The van der Waals surface area contributed by atoms with E-state index in [1.165, 1.54) is 11.8 Å². The summed E-state index contributed by atoms with van der Waals surface area (Å²) in [5.74, 6) is 0.796. The highest BCUT2D eigenvalue weighted by molar-refractivity contribution is 14.0. The number of aromatic nitrogens is 2. The predicted molar refractivity (Wildman–Crippen MR) is 128 cm³/mol. The molecule has 1 aliphatic heterocycles. The van der Waals surface area contributed by atoms with Crippen molar-refractivity contribution in [1.82, 2.24) is 20.0 Å². The number of piperazine rings is 1. The largest absolute Gasteiger partial charge is 0.366 e. The fraction of sp³-hybridized carbons (Fsp3) is 0.524. The van der Waals surface area contributed by atoms with Crippen LogP contribution in [0.3, 0.4) is 0 Å². The Morgan fingerprint density at radius 2 is 1.90 bits per heavy atom. The molecule has 2 aromatic rings. The molecule has 0 spiro atoms. The van der Waals surface area contributed by atoms with Crippen LogP contribution in [0.4, 0.5) is 10.1 Å². The van der Waals surface area contributed by atoms with Gasteiger partial charge in [-0.15, -0.1) is 24.0 Å². The van der Waals surface area contributed by atoms with Crippen molar-refractivity contribution < 1.29 is 4.39 Å². The topological polar surface area (TPSA) is 48.7 Å². The fourth-order valence-corrected chi connectivity index (χ4v) is 3.60. The molecule has 1 aromatic heterocycles. The van der Waals surface area contributed by atoms with Crippen LogP contribution in [0, 0.1) is 19.7 Å². The summed E-state index contributed by atoms with van der Waals surface area (Å²) in [5, 5.41) is 7.90. The molecule has 6 nitrogen and oxygen atoms in total. The maximum absolute atomic E-state index is 14.0. The van der Waals surface area contributed by atoms with Gasteiger partial charge >= 0.3 is 0 Å². The molecule has 0 saturated carbocycles. The van der Waals surface area contributed by atoms with Gasteiger partial charge in [0, 0.05) is 51.5 Å². The molecule has 0 aliphatic carbocycles. The highest BCUT2D eigenvalue weighted by Crippen LogP contribution is 2.20. The number of para-hydroxylation sites is 1. The van der Waals surface area contributed by atoms with Crippen LogP contribution in [-0.4, -0.2) is 59.9 Å². The molecule has 8 heteroatoms. The molecule has 0 amide bonds. The summed E-state index contributed by atoms with van der Waals surface area (Å²) < 4.78 is 16.1. The first-order valence-electron chi connectivity index (χ1n) is 10.1. The number of hydrogen-bond acceptors (Lipinski definition) is 3. The number of guanidine groups is 1. The van der Waals surface area contributed by atoms with Crippen LogP contribution < -0.4 is 10.2 Å². The van der Waals surface area contributed by atoms with Crippen molar-refractivity contribution in [2.24, 2.45) is 4.99 Å². The van der Waals surface area contributed by atoms with Crippen LogP contribution >= 0.6 is 24.0 Å². The SMILES string of the molecule is CCNC(=NCCCn1nc(C)cc1C)N1CCN(c2ccccc2F)CC1.I. The predicted octanol–water partition coefficient (Wildman–Crippen LogP) is 3.43. The molecule has 160 valence electrons. The van der Waals surface area contributed by atoms with Crippen molar-refractivity contribution in [2.45, 2.75) is 33.7 Å². The standard InChI is InChI=1S/C21H31FN6.HI/c1-4-23-21(24-10-7-11-28-18(3)16-17(2)25-28)27-14-12-26(13-15-27)20-9-6-5-8-19(20)22;/h5-6,8-9,16H,4,7,10-15H2,1-3H3,(H,23,24);1H. The minimum Gasteiger partial charge on any atom is -0.366 e. The van der Waals surface area contributed by atoms with E-state index in [0.717, 1.165) is 63.9 Å². The van der Waals surface area contributed by atoms with Gasteiger partial charge in [-0.05, 0) is 45.4 Å². The number of aryl methyl sites for hydroxylation is 3. The van der Waals surface area contributed by atoms with Crippen molar-refractivity contribution in [1.29, 1.82) is 0 Å². The third-order valence-corrected chi connectivity index (χ3v) is 5.00. The first kappa shape index (κ1) is 23.4. The second-order valence-corrected chi connectivity index (χ2v) is 7.16. The Kier molecular flexibility index (Phi) is 9.19. The summed E-state index contributed by atoms with van der Waals surface area (Å²) in [6.45, 7) is 11.9. The minimum atomic E-state index is -0.152. The first-order valence-corrected chi connectivity index (χ1v) is 10.1. The lowest BCUT2D eigenvalue weighted by Gasteiger charge is -2.37. The smallest absolute Gasteiger partial charge is 0.194 e. The van der Waals surface area contributed by atoms with Gasteiger partial charge in [0.1, 0.15) is 5.82 Å². The third-order valence-electron chi connectivity index (χ3n) is 5.00. The van der Waals surface area contributed by atoms with Gasteiger partial charge in [-0.3, -0.25) is 9.67 Å². The number of anilines is 1. The van der Waals surface area contributed by atoms with Crippen LogP contribution in [0.15, 0.2) is 35.3 Å². The Hall–Kier alpha value is -1.84. The van der Waals surface area contributed by atoms with Crippen LogP contribution in [0.5, 0.6) is 0 Å². The highest BCUT2D eigenvalue weighted by atomic mass is 127. The molecule has 1 aromatic carbocycles. The van der Waals surface area contributed by atoms with Crippen LogP contribution in [0.1, 0.15) is 24.7 Å². The summed E-state index contributed by atoms with van der Waals surface area (Å²) in [6.07, 6.45) is 0.950. The van der Waals surface area contributed by atoms with Crippen molar-refractivity contribution in [3.63, 3.8) is 0 Å². The van der Waals surface area contributed by atoms with Crippen molar-refractivity contribution in [3.05, 3.63) is 47.5 Å². The van der Waals surface area contributed by atoms with E-state index >= 15 is 0 Å². The molecule has 3 rings (SSSR count). The van der Waals surface area contributed by atoms with E-state index in [1.54, 1.807) is 6.07 Å². The number of benzene rings is 1. The molecule has 1 saturated heterocycles. The summed E-state index contributed by atoms with van der Waals surface area (Å²) in [5.41, 5.74) is 2.94. The van der Waals surface area contributed by atoms with Crippen molar-refractivity contribution in [3.8, 4) is 0 Å². The van der Waals surface area contributed by atoms with Crippen molar-refractivity contribution in [2.75, 3.05) is 44.2 Å². The molecule has 1 aliphatic rings. The van der Waals surface area contributed by atoms with Crippen LogP contribution in [0.2, 0.25) is 0 Å². The zero-order valence-corrected chi connectivity index (χ0v) is 19.9. The molecule has 0 unspecified atom stereocenters. The molecule has 29 heavy (non-hydrogen) atoms. The molecule has 0 atom stereocenters.